The van der Waals surface area contributed by atoms with Gasteiger partial charge in [-0.15, -0.1) is 0 Å². The minimum atomic E-state index is -0.0499. The molecule has 4 aromatic rings. The molecule has 0 aliphatic carbocycles. The predicted octanol–water partition coefficient (Wildman–Crippen LogP) is 4.15. The third-order valence-electron chi connectivity index (χ3n) is 4.86. The van der Waals surface area contributed by atoms with Crippen LogP contribution < -0.4 is 15.4 Å². The summed E-state index contributed by atoms with van der Waals surface area (Å²) in [4.78, 5) is 21.3. The van der Waals surface area contributed by atoms with E-state index in [1.165, 1.54) is 0 Å². The fraction of sp³-hybridized carbons (Fsp3) is 0.174. The molecule has 1 amide bonds. The second-order valence-corrected chi connectivity index (χ2v) is 6.85. The maximum absolute atomic E-state index is 12.4. The third kappa shape index (κ3) is 3.96. The van der Waals surface area contributed by atoms with Gasteiger partial charge in [-0.2, -0.15) is 0 Å². The number of amides is 1. The lowest BCUT2D eigenvalue weighted by Crippen LogP contribution is -2.17. The molecule has 152 valence electrons. The largest absolute Gasteiger partial charge is 0.496 e. The smallest absolute Gasteiger partial charge is 0.226 e. The summed E-state index contributed by atoms with van der Waals surface area (Å²) in [6, 6.07) is 15.5. The highest BCUT2D eigenvalue weighted by Gasteiger charge is 2.17. The van der Waals surface area contributed by atoms with E-state index in [0.717, 1.165) is 34.1 Å². The summed E-state index contributed by atoms with van der Waals surface area (Å²) in [6.45, 7) is 2.43. The van der Waals surface area contributed by atoms with Crippen molar-refractivity contribution >= 4 is 23.1 Å². The number of fused-ring (bicyclic) bond motifs is 1. The number of methoxy groups -OCH3 is 1. The van der Waals surface area contributed by atoms with Crippen molar-refractivity contribution in [2.75, 3.05) is 24.3 Å². The van der Waals surface area contributed by atoms with Gasteiger partial charge in [0.05, 0.1) is 13.3 Å². The molecule has 2 N–H and O–H groups in total. The Bertz CT molecular complexity index is 1190. The lowest BCUT2D eigenvalue weighted by Gasteiger charge is -2.12. The van der Waals surface area contributed by atoms with Crippen molar-refractivity contribution in [1.29, 1.82) is 0 Å². The molecule has 30 heavy (non-hydrogen) atoms. The number of benzene rings is 2. The fourth-order valence-electron chi connectivity index (χ4n) is 3.32. The molecule has 0 radical (unpaired) electrons. The number of para-hydroxylation sites is 2. The van der Waals surface area contributed by atoms with Crippen LogP contribution in [-0.4, -0.2) is 33.9 Å². The van der Waals surface area contributed by atoms with E-state index in [2.05, 4.69) is 15.6 Å². The number of nitrogens with one attached hydrogen (secondary N) is 2. The number of hydrogen-bond donors (Lipinski definition) is 2. The van der Waals surface area contributed by atoms with Gasteiger partial charge in [-0.25, -0.2) is 4.98 Å². The van der Waals surface area contributed by atoms with Crippen LogP contribution in [0.15, 0.2) is 67.1 Å². The average molecular weight is 401 g/mol. The molecule has 0 saturated heterocycles. The molecule has 2 heterocycles. The molecule has 0 unspecified atom stereocenters. The highest BCUT2D eigenvalue weighted by Crippen LogP contribution is 2.34. The molecule has 2 aromatic heterocycles. The van der Waals surface area contributed by atoms with Crippen LogP contribution in [0.4, 0.5) is 11.5 Å². The van der Waals surface area contributed by atoms with Gasteiger partial charge in [0.25, 0.3) is 0 Å². The number of rotatable bonds is 7. The molecule has 7 nitrogen and oxygen atoms in total. The normalized spacial score (nSPS) is 10.7. The third-order valence-corrected chi connectivity index (χ3v) is 4.86. The summed E-state index contributed by atoms with van der Waals surface area (Å²) >= 11 is 0. The van der Waals surface area contributed by atoms with Crippen LogP contribution in [0, 0.1) is 6.92 Å². The van der Waals surface area contributed by atoms with Crippen LogP contribution >= 0.6 is 0 Å². The average Bonchev–Trinajstić information content (AvgIpc) is 3.14. The van der Waals surface area contributed by atoms with Gasteiger partial charge in [0.1, 0.15) is 17.3 Å². The molecule has 0 spiro atoms. The number of carbonyl (C=O) groups excluding carboxylic acids is 1. The Kier molecular flexibility index (Phi) is 5.61. The Balaban J connectivity index is 1.55. The Morgan fingerprint density at radius 3 is 2.77 bits per heavy atom. The number of anilines is 2. The number of ether oxygens (including phenoxy) is 1. The van der Waals surface area contributed by atoms with Gasteiger partial charge in [-0.05, 0) is 30.7 Å². The molecular formula is C23H23N5O2. The van der Waals surface area contributed by atoms with Crippen LogP contribution in [0.25, 0.3) is 16.9 Å². The van der Waals surface area contributed by atoms with Crippen molar-refractivity contribution in [2.45, 2.75) is 13.3 Å². The predicted molar refractivity (Wildman–Crippen MR) is 118 cm³/mol. The lowest BCUT2D eigenvalue weighted by atomic mass is 10.1. The summed E-state index contributed by atoms with van der Waals surface area (Å²) in [5.74, 6) is 1.47. The van der Waals surface area contributed by atoms with E-state index in [0.29, 0.717) is 18.6 Å². The van der Waals surface area contributed by atoms with E-state index < -0.39 is 0 Å². The van der Waals surface area contributed by atoms with E-state index in [9.17, 15) is 4.79 Å². The zero-order valence-corrected chi connectivity index (χ0v) is 16.9. The van der Waals surface area contributed by atoms with E-state index >= 15 is 0 Å². The number of aromatic nitrogens is 3. The van der Waals surface area contributed by atoms with Crippen LogP contribution in [0.2, 0.25) is 0 Å². The SMILES string of the molecule is COc1ccccc1-c1nc2cnccn2c1NCCC(=O)Nc1ccccc1C. The first kappa shape index (κ1) is 19.4. The molecule has 0 atom stereocenters. The van der Waals surface area contributed by atoms with Crippen LogP contribution in [-0.2, 0) is 4.79 Å². The summed E-state index contributed by atoms with van der Waals surface area (Å²) in [6.07, 6.45) is 5.57. The summed E-state index contributed by atoms with van der Waals surface area (Å²) in [5, 5.41) is 6.33. The van der Waals surface area contributed by atoms with Crippen molar-refractivity contribution in [3.05, 3.63) is 72.7 Å². The Morgan fingerprint density at radius 1 is 1.13 bits per heavy atom. The van der Waals surface area contributed by atoms with Gasteiger partial charge < -0.3 is 15.4 Å². The van der Waals surface area contributed by atoms with E-state index in [1.807, 2.05) is 66.1 Å². The van der Waals surface area contributed by atoms with E-state index in [-0.39, 0.29) is 5.91 Å². The highest BCUT2D eigenvalue weighted by molar-refractivity contribution is 5.91. The Hall–Kier alpha value is -3.87. The zero-order chi connectivity index (χ0) is 20.9. The van der Waals surface area contributed by atoms with Crippen molar-refractivity contribution in [2.24, 2.45) is 0 Å². The monoisotopic (exact) mass is 401 g/mol. The molecule has 0 aliphatic rings. The van der Waals surface area contributed by atoms with Crippen molar-refractivity contribution in [3.63, 3.8) is 0 Å². The van der Waals surface area contributed by atoms with Gasteiger partial charge in [-0.1, -0.05) is 30.3 Å². The molecule has 4 rings (SSSR count). The maximum Gasteiger partial charge on any atom is 0.226 e. The molecule has 7 heteroatoms. The van der Waals surface area contributed by atoms with Crippen LogP contribution in [0.1, 0.15) is 12.0 Å². The topological polar surface area (TPSA) is 80.6 Å². The zero-order valence-electron chi connectivity index (χ0n) is 16.9. The minimum Gasteiger partial charge on any atom is -0.496 e. The van der Waals surface area contributed by atoms with E-state index in [1.54, 1.807) is 19.5 Å². The number of hydrogen-bond acceptors (Lipinski definition) is 5. The minimum absolute atomic E-state index is 0.0499. The van der Waals surface area contributed by atoms with Crippen LogP contribution in [0.3, 0.4) is 0 Å². The van der Waals surface area contributed by atoms with Gasteiger partial charge in [0, 0.05) is 36.6 Å². The molecule has 0 aliphatic heterocycles. The second kappa shape index (κ2) is 8.65. The quantitative estimate of drug-likeness (QED) is 0.486. The summed E-state index contributed by atoms with van der Waals surface area (Å²) < 4.78 is 7.44. The van der Waals surface area contributed by atoms with Crippen molar-refractivity contribution in [1.82, 2.24) is 14.4 Å². The van der Waals surface area contributed by atoms with Crippen molar-refractivity contribution < 1.29 is 9.53 Å². The first-order valence-corrected chi connectivity index (χ1v) is 9.72. The van der Waals surface area contributed by atoms with Crippen LogP contribution in [0.5, 0.6) is 5.75 Å². The molecule has 2 aromatic carbocycles. The Labute approximate surface area is 174 Å². The highest BCUT2D eigenvalue weighted by atomic mass is 16.5. The van der Waals surface area contributed by atoms with Gasteiger partial charge in [-0.3, -0.25) is 14.2 Å². The maximum atomic E-state index is 12.4. The lowest BCUT2D eigenvalue weighted by molar-refractivity contribution is -0.115. The first-order valence-electron chi connectivity index (χ1n) is 9.72. The first-order chi connectivity index (χ1) is 14.7. The number of nitrogens with zero attached hydrogens (tertiary/aromatic N) is 3. The molecule has 0 saturated carbocycles. The van der Waals surface area contributed by atoms with Gasteiger partial charge in [0.2, 0.25) is 5.91 Å². The molecule has 0 fully saturated rings. The van der Waals surface area contributed by atoms with Crippen molar-refractivity contribution in [3.8, 4) is 17.0 Å². The van der Waals surface area contributed by atoms with Gasteiger partial charge >= 0.3 is 0 Å². The number of carbonyl (C=O) groups is 1. The van der Waals surface area contributed by atoms with E-state index in [4.69, 9.17) is 9.72 Å². The fourth-order valence-corrected chi connectivity index (χ4v) is 3.32. The second-order valence-electron chi connectivity index (χ2n) is 6.85. The summed E-state index contributed by atoms with van der Waals surface area (Å²) in [7, 11) is 1.64. The number of imidazole rings is 1. The summed E-state index contributed by atoms with van der Waals surface area (Å²) in [5.41, 5.74) is 4.20. The molecular weight excluding hydrogens is 378 g/mol. The van der Waals surface area contributed by atoms with Gasteiger partial charge in [0.15, 0.2) is 5.65 Å². The number of aryl methyl sites for hydroxylation is 1. The molecule has 0 bridgehead atoms. The standard InChI is InChI=1S/C23H23N5O2/c1-16-7-3-5-9-18(16)26-21(29)11-12-25-23-22(17-8-4-6-10-19(17)30-2)27-20-15-24-13-14-28(20)23/h3-10,13-15,25H,11-12H2,1-2H3,(H,26,29). The Morgan fingerprint density at radius 2 is 1.93 bits per heavy atom.